The van der Waals surface area contributed by atoms with Gasteiger partial charge in [0, 0.05) is 18.0 Å². The second-order valence-electron chi connectivity index (χ2n) is 5.99. The molecule has 0 bridgehead atoms. The molecule has 0 aromatic heterocycles. The van der Waals surface area contributed by atoms with E-state index in [-0.39, 0.29) is 25.1 Å². The first-order chi connectivity index (χ1) is 12.6. The Labute approximate surface area is 171 Å². The number of fused-ring (bicyclic) bond motifs is 2. The molecule has 7 heteroatoms. The summed E-state index contributed by atoms with van der Waals surface area (Å²) in [4.78, 5) is 17.1. The van der Waals surface area contributed by atoms with Crippen LogP contribution in [0.3, 0.4) is 0 Å². The number of amides is 1. The van der Waals surface area contributed by atoms with Gasteiger partial charge < -0.3 is 14.4 Å². The standard InChI is InChI=1S/C20H23ClN2O3.ClH/c1-3-22(4-2)12-11-20(24)23-16-7-5-6-8-18(16)25-14-26-19-10-9-15(21)13-17(19)23;/h5-10,13H,3-4,11-12,14H2,1-2H3;1H. The van der Waals surface area contributed by atoms with E-state index in [1.165, 1.54) is 0 Å². The van der Waals surface area contributed by atoms with Crippen LogP contribution in [0.1, 0.15) is 20.3 Å². The van der Waals surface area contributed by atoms with E-state index in [0.717, 1.165) is 13.1 Å². The minimum atomic E-state index is -0.0260. The smallest absolute Gasteiger partial charge is 0.233 e. The molecule has 0 aliphatic carbocycles. The Morgan fingerprint density at radius 3 is 2.44 bits per heavy atom. The SMILES string of the molecule is CCN(CC)CCC(=O)N1c2ccccc2OCOc2ccc(Cl)cc21.Cl. The van der Waals surface area contributed by atoms with Gasteiger partial charge in [-0.3, -0.25) is 9.69 Å². The van der Waals surface area contributed by atoms with Crippen LogP contribution >= 0.6 is 24.0 Å². The monoisotopic (exact) mass is 410 g/mol. The number of hydrogen-bond acceptors (Lipinski definition) is 4. The van der Waals surface area contributed by atoms with E-state index in [1.807, 2.05) is 24.3 Å². The Hall–Kier alpha value is -1.95. The summed E-state index contributed by atoms with van der Waals surface area (Å²) in [5.74, 6) is 1.15. The van der Waals surface area contributed by atoms with Crippen molar-refractivity contribution in [2.24, 2.45) is 0 Å². The van der Waals surface area contributed by atoms with Crippen molar-refractivity contribution in [1.82, 2.24) is 4.90 Å². The van der Waals surface area contributed by atoms with Crippen molar-refractivity contribution in [3.63, 3.8) is 0 Å². The number of benzene rings is 2. The van der Waals surface area contributed by atoms with Gasteiger partial charge in [-0.15, -0.1) is 12.4 Å². The summed E-state index contributed by atoms with van der Waals surface area (Å²) in [6.45, 7) is 6.78. The van der Waals surface area contributed by atoms with Gasteiger partial charge in [0.15, 0.2) is 0 Å². The first kappa shape index (κ1) is 21.4. The highest BCUT2D eigenvalue weighted by Gasteiger charge is 2.26. The molecule has 0 unspecified atom stereocenters. The fourth-order valence-corrected chi connectivity index (χ4v) is 3.18. The quantitative estimate of drug-likeness (QED) is 0.703. The average Bonchev–Trinajstić information content (AvgIpc) is 2.64. The summed E-state index contributed by atoms with van der Waals surface area (Å²) in [6, 6.07) is 12.7. The van der Waals surface area contributed by atoms with E-state index in [4.69, 9.17) is 21.1 Å². The molecule has 1 aliphatic heterocycles. The van der Waals surface area contributed by atoms with Gasteiger partial charge in [0.05, 0.1) is 11.4 Å². The van der Waals surface area contributed by atoms with Gasteiger partial charge in [0.1, 0.15) is 11.5 Å². The number of para-hydroxylation sites is 2. The summed E-state index contributed by atoms with van der Waals surface area (Å²) < 4.78 is 11.4. The van der Waals surface area contributed by atoms with Crippen molar-refractivity contribution >= 4 is 41.3 Å². The molecular formula is C20H24Cl2N2O3. The zero-order valence-electron chi connectivity index (χ0n) is 15.5. The lowest BCUT2D eigenvalue weighted by Gasteiger charge is -2.30. The van der Waals surface area contributed by atoms with Crippen molar-refractivity contribution in [3.8, 4) is 11.5 Å². The van der Waals surface area contributed by atoms with E-state index in [2.05, 4.69) is 18.7 Å². The van der Waals surface area contributed by atoms with Crippen LogP contribution in [0, 0.1) is 0 Å². The molecule has 1 heterocycles. The number of anilines is 2. The van der Waals surface area contributed by atoms with Crippen molar-refractivity contribution in [3.05, 3.63) is 47.5 Å². The fraction of sp³-hybridized carbons (Fsp3) is 0.350. The summed E-state index contributed by atoms with van der Waals surface area (Å²) in [7, 11) is 0. The minimum absolute atomic E-state index is 0. The number of carbonyl (C=O) groups is 1. The van der Waals surface area contributed by atoms with Crippen molar-refractivity contribution in [2.45, 2.75) is 20.3 Å². The zero-order valence-corrected chi connectivity index (χ0v) is 17.1. The van der Waals surface area contributed by atoms with Crippen LogP contribution < -0.4 is 14.4 Å². The van der Waals surface area contributed by atoms with Crippen LogP contribution in [0.25, 0.3) is 0 Å². The lowest BCUT2D eigenvalue weighted by Crippen LogP contribution is -2.33. The molecule has 0 saturated heterocycles. The third kappa shape index (κ3) is 4.86. The lowest BCUT2D eigenvalue weighted by atomic mass is 10.1. The molecule has 0 saturated carbocycles. The number of hydrogen-bond donors (Lipinski definition) is 0. The van der Waals surface area contributed by atoms with Crippen LogP contribution in [0.5, 0.6) is 11.5 Å². The molecule has 0 N–H and O–H groups in total. The highest BCUT2D eigenvalue weighted by atomic mass is 35.5. The third-order valence-electron chi connectivity index (χ3n) is 4.48. The van der Waals surface area contributed by atoms with Crippen LogP contribution in [-0.2, 0) is 4.79 Å². The molecule has 2 aromatic rings. The van der Waals surface area contributed by atoms with E-state index < -0.39 is 0 Å². The van der Waals surface area contributed by atoms with Gasteiger partial charge in [0.2, 0.25) is 12.7 Å². The van der Waals surface area contributed by atoms with Gasteiger partial charge >= 0.3 is 0 Å². The number of ether oxygens (including phenoxy) is 2. The molecule has 0 fully saturated rings. The maximum absolute atomic E-state index is 13.2. The first-order valence-electron chi connectivity index (χ1n) is 8.83. The van der Waals surface area contributed by atoms with Crippen molar-refractivity contribution < 1.29 is 14.3 Å². The predicted molar refractivity (Wildman–Crippen MR) is 111 cm³/mol. The molecule has 27 heavy (non-hydrogen) atoms. The molecule has 1 aliphatic rings. The Morgan fingerprint density at radius 1 is 1.07 bits per heavy atom. The molecule has 146 valence electrons. The Bertz CT molecular complexity index is 782. The number of rotatable bonds is 5. The number of nitrogens with zero attached hydrogens (tertiary/aromatic N) is 2. The number of halogens is 2. The molecule has 5 nitrogen and oxygen atoms in total. The van der Waals surface area contributed by atoms with Gasteiger partial charge in [-0.1, -0.05) is 37.6 Å². The molecule has 3 rings (SSSR count). The Balaban J connectivity index is 0.00000261. The van der Waals surface area contributed by atoms with Gasteiger partial charge in [-0.05, 0) is 43.4 Å². The molecule has 1 amide bonds. The maximum Gasteiger partial charge on any atom is 0.233 e. The summed E-state index contributed by atoms with van der Waals surface area (Å²) >= 11 is 6.21. The normalized spacial score (nSPS) is 12.7. The zero-order chi connectivity index (χ0) is 18.5. The van der Waals surface area contributed by atoms with Crippen LogP contribution in [0.2, 0.25) is 5.02 Å². The average molecular weight is 411 g/mol. The lowest BCUT2D eigenvalue weighted by molar-refractivity contribution is -0.118. The Morgan fingerprint density at radius 2 is 1.74 bits per heavy atom. The summed E-state index contributed by atoms with van der Waals surface area (Å²) in [5, 5.41) is 0.549. The summed E-state index contributed by atoms with van der Waals surface area (Å²) in [5.41, 5.74) is 1.33. The summed E-state index contributed by atoms with van der Waals surface area (Å²) in [6.07, 6.45) is 0.391. The maximum atomic E-state index is 13.2. The van der Waals surface area contributed by atoms with Crippen LogP contribution in [0.4, 0.5) is 11.4 Å². The second-order valence-corrected chi connectivity index (χ2v) is 6.43. The molecule has 0 spiro atoms. The Kier molecular flexibility index (Phi) is 7.78. The second kappa shape index (κ2) is 9.83. The van der Waals surface area contributed by atoms with E-state index >= 15 is 0 Å². The topological polar surface area (TPSA) is 42.0 Å². The van der Waals surface area contributed by atoms with Gasteiger partial charge in [-0.2, -0.15) is 0 Å². The molecular weight excluding hydrogens is 387 g/mol. The van der Waals surface area contributed by atoms with E-state index in [9.17, 15) is 4.79 Å². The highest BCUT2D eigenvalue weighted by molar-refractivity contribution is 6.31. The van der Waals surface area contributed by atoms with E-state index in [1.54, 1.807) is 23.1 Å². The minimum Gasteiger partial charge on any atom is -0.455 e. The van der Waals surface area contributed by atoms with E-state index in [0.29, 0.717) is 40.9 Å². The molecule has 0 radical (unpaired) electrons. The highest BCUT2D eigenvalue weighted by Crippen LogP contribution is 2.42. The third-order valence-corrected chi connectivity index (χ3v) is 4.72. The predicted octanol–water partition coefficient (Wildman–Crippen LogP) is 4.89. The first-order valence-corrected chi connectivity index (χ1v) is 9.21. The van der Waals surface area contributed by atoms with Crippen LogP contribution in [0.15, 0.2) is 42.5 Å². The number of carbonyl (C=O) groups excluding carboxylic acids is 1. The van der Waals surface area contributed by atoms with Gasteiger partial charge in [0.25, 0.3) is 0 Å². The molecule has 2 aromatic carbocycles. The van der Waals surface area contributed by atoms with Crippen molar-refractivity contribution in [1.29, 1.82) is 0 Å². The van der Waals surface area contributed by atoms with Crippen molar-refractivity contribution in [2.75, 3.05) is 31.3 Å². The molecule has 0 atom stereocenters. The van der Waals surface area contributed by atoms with Gasteiger partial charge in [-0.25, -0.2) is 0 Å². The fourth-order valence-electron chi connectivity index (χ4n) is 3.01. The largest absolute Gasteiger partial charge is 0.455 e. The van der Waals surface area contributed by atoms with Crippen LogP contribution in [-0.4, -0.2) is 37.2 Å².